The number of aryl methyl sites for hydroxylation is 1. The quantitative estimate of drug-likeness (QED) is 0.297. The molecule has 2 amide bonds. The third-order valence-electron chi connectivity index (χ3n) is 5.11. The van der Waals surface area contributed by atoms with Crippen LogP contribution in [0.2, 0.25) is 0 Å². The molecule has 0 aliphatic carbocycles. The number of nitrogens with one attached hydrogen (secondary N) is 2. The van der Waals surface area contributed by atoms with Crippen molar-refractivity contribution in [1.29, 1.82) is 0 Å². The number of aromatic nitrogens is 3. The average molecular weight is 494 g/mol. The summed E-state index contributed by atoms with van der Waals surface area (Å²) in [6, 6.07) is 17.2. The van der Waals surface area contributed by atoms with Gasteiger partial charge < -0.3 is 20.1 Å². The van der Waals surface area contributed by atoms with Gasteiger partial charge in [0.1, 0.15) is 18.2 Å². The van der Waals surface area contributed by atoms with Gasteiger partial charge in [-0.05, 0) is 50.2 Å². The molecule has 0 bridgehead atoms. The number of nitrogens with zero attached hydrogens (tertiary/aromatic N) is 3. The number of anilines is 2. The molecule has 10 heteroatoms. The molecule has 4 rings (SSSR count). The van der Waals surface area contributed by atoms with Gasteiger partial charge in [0.15, 0.2) is 5.82 Å². The van der Waals surface area contributed by atoms with Crippen molar-refractivity contribution in [3.63, 3.8) is 0 Å². The highest BCUT2D eigenvalue weighted by Crippen LogP contribution is 2.25. The van der Waals surface area contributed by atoms with Crippen molar-refractivity contribution in [1.82, 2.24) is 14.8 Å². The van der Waals surface area contributed by atoms with Gasteiger partial charge >= 0.3 is 12.0 Å². The molecule has 0 spiro atoms. The molecule has 0 saturated heterocycles. The number of halogens is 2. The zero-order valence-electron chi connectivity index (χ0n) is 19.8. The van der Waals surface area contributed by atoms with E-state index in [0.717, 1.165) is 23.3 Å². The van der Waals surface area contributed by atoms with Crippen LogP contribution in [0, 0.1) is 18.6 Å². The molecule has 4 aromatic rings. The number of benzene rings is 3. The van der Waals surface area contributed by atoms with Crippen LogP contribution in [0.5, 0.6) is 6.01 Å². The van der Waals surface area contributed by atoms with Crippen LogP contribution >= 0.6 is 0 Å². The average Bonchev–Trinajstić information content (AvgIpc) is 3.29. The van der Waals surface area contributed by atoms with E-state index in [2.05, 4.69) is 20.7 Å². The van der Waals surface area contributed by atoms with Crippen LogP contribution in [0.1, 0.15) is 12.5 Å². The molecule has 0 saturated carbocycles. The number of carbonyl (C=O) groups is 1. The molecule has 1 heterocycles. The standard InChI is InChI=1S/C26H25F2N5O3/c1-3-35-14-15-36-26-31-24(18-6-4-17(2)5-7-18)33(32-26)21-11-9-20(10-12-21)29-25(34)30-23-13-8-19(27)16-22(23)28/h4-13,16H,3,14-15H2,1-2H3,(H2,29,30,34). The van der Waals surface area contributed by atoms with E-state index in [4.69, 9.17) is 9.47 Å². The lowest BCUT2D eigenvalue weighted by Crippen LogP contribution is -2.20. The summed E-state index contributed by atoms with van der Waals surface area (Å²) in [5.41, 5.74) is 2.99. The van der Waals surface area contributed by atoms with Gasteiger partial charge in [0.2, 0.25) is 0 Å². The Morgan fingerprint density at radius 3 is 2.42 bits per heavy atom. The summed E-state index contributed by atoms with van der Waals surface area (Å²) in [6.07, 6.45) is 0. The Bertz CT molecular complexity index is 1320. The second-order valence-electron chi connectivity index (χ2n) is 7.79. The topological polar surface area (TPSA) is 90.3 Å². The number of hydrogen-bond acceptors (Lipinski definition) is 5. The van der Waals surface area contributed by atoms with E-state index in [1.165, 1.54) is 0 Å². The molecule has 0 unspecified atom stereocenters. The predicted molar refractivity (Wildman–Crippen MR) is 133 cm³/mol. The number of carbonyl (C=O) groups excluding carboxylic acids is 1. The summed E-state index contributed by atoms with van der Waals surface area (Å²) in [7, 11) is 0. The van der Waals surface area contributed by atoms with Gasteiger partial charge in [-0.3, -0.25) is 0 Å². The Morgan fingerprint density at radius 2 is 1.72 bits per heavy atom. The van der Waals surface area contributed by atoms with E-state index in [0.29, 0.717) is 43.1 Å². The summed E-state index contributed by atoms with van der Waals surface area (Å²) in [4.78, 5) is 16.8. The van der Waals surface area contributed by atoms with Crippen molar-refractivity contribution in [2.75, 3.05) is 30.5 Å². The molecule has 0 aliphatic rings. The minimum Gasteiger partial charge on any atom is -0.460 e. The summed E-state index contributed by atoms with van der Waals surface area (Å²) >= 11 is 0. The number of urea groups is 1. The van der Waals surface area contributed by atoms with Crippen molar-refractivity contribution in [2.24, 2.45) is 0 Å². The minimum absolute atomic E-state index is 0.132. The van der Waals surface area contributed by atoms with E-state index in [-0.39, 0.29) is 11.7 Å². The van der Waals surface area contributed by atoms with Gasteiger partial charge in [-0.15, -0.1) is 5.10 Å². The van der Waals surface area contributed by atoms with E-state index < -0.39 is 17.7 Å². The first-order valence-electron chi connectivity index (χ1n) is 11.3. The fourth-order valence-electron chi connectivity index (χ4n) is 3.32. The summed E-state index contributed by atoms with van der Waals surface area (Å²) in [6.45, 7) is 5.25. The molecule has 8 nitrogen and oxygen atoms in total. The third kappa shape index (κ3) is 6.22. The zero-order chi connectivity index (χ0) is 25.5. The first kappa shape index (κ1) is 24.8. The van der Waals surface area contributed by atoms with Crippen molar-refractivity contribution in [2.45, 2.75) is 13.8 Å². The first-order chi connectivity index (χ1) is 17.4. The van der Waals surface area contributed by atoms with Gasteiger partial charge in [0.05, 0.1) is 18.0 Å². The van der Waals surface area contributed by atoms with Crippen LogP contribution < -0.4 is 15.4 Å². The predicted octanol–water partition coefficient (Wildman–Crippen LogP) is 5.58. The highest BCUT2D eigenvalue weighted by atomic mass is 19.1. The molecule has 36 heavy (non-hydrogen) atoms. The highest BCUT2D eigenvalue weighted by Gasteiger charge is 2.15. The summed E-state index contributed by atoms with van der Waals surface area (Å²) in [5.74, 6) is -1.00. The van der Waals surface area contributed by atoms with Gasteiger partial charge in [0.25, 0.3) is 0 Å². The fraction of sp³-hybridized carbons (Fsp3) is 0.192. The van der Waals surface area contributed by atoms with Gasteiger partial charge in [0, 0.05) is 23.9 Å². The monoisotopic (exact) mass is 493 g/mol. The number of amides is 2. The smallest absolute Gasteiger partial charge is 0.336 e. The Labute approximate surface area is 206 Å². The van der Waals surface area contributed by atoms with Gasteiger partial charge in [-0.25, -0.2) is 18.3 Å². The molecule has 0 radical (unpaired) electrons. The SMILES string of the molecule is CCOCCOc1nc(-c2ccc(C)cc2)n(-c2ccc(NC(=O)Nc3ccc(F)cc3F)cc2)n1. The highest BCUT2D eigenvalue weighted by molar-refractivity contribution is 5.99. The zero-order valence-corrected chi connectivity index (χ0v) is 19.8. The molecule has 3 aromatic carbocycles. The lowest BCUT2D eigenvalue weighted by molar-refractivity contribution is 0.106. The lowest BCUT2D eigenvalue weighted by atomic mass is 10.1. The number of ether oxygens (including phenoxy) is 2. The van der Waals surface area contributed by atoms with E-state index in [9.17, 15) is 13.6 Å². The summed E-state index contributed by atoms with van der Waals surface area (Å²) < 4.78 is 39.5. The van der Waals surface area contributed by atoms with E-state index in [1.54, 1.807) is 28.9 Å². The van der Waals surface area contributed by atoms with E-state index in [1.807, 2.05) is 38.1 Å². The van der Waals surface area contributed by atoms with Crippen LogP contribution in [-0.2, 0) is 4.74 Å². The maximum absolute atomic E-state index is 13.8. The molecule has 2 N–H and O–H groups in total. The largest absolute Gasteiger partial charge is 0.460 e. The number of rotatable bonds is 9. The normalized spacial score (nSPS) is 10.8. The van der Waals surface area contributed by atoms with Crippen LogP contribution in [0.25, 0.3) is 17.1 Å². The molecule has 0 fully saturated rings. The number of hydrogen-bond donors (Lipinski definition) is 2. The van der Waals surface area contributed by atoms with Gasteiger partial charge in [-0.2, -0.15) is 4.98 Å². The lowest BCUT2D eigenvalue weighted by Gasteiger charge is -2.10. The van der Waals surface area contributed by atoms with Crippen LogP contribution in [0.3, 0.4) is 0 Å². The molecule has 1 aromatic heterocycles. The Balaban J connectivity index is 1.52. The maximum atomic E-state index is 13.8. The molecule has 186 valence electrons. The van der Waals surface area contributed by atoms with Crippen molar-refractivity contribution < 1.29 is 23.0 Å². The Hall–Kier alpha value is -4.31. The van der Waals surface area contributed by atoms with Crippen molar-refractivity contribution in [3.05, 3.63) is 83.9 Å². The van der Waals surface area contributed by atoms with Crippen LogP contribution in [0.4, 0.5) is 25.0 Å². The molecular weight excluding hydrogens is 468 g/mol. The minimum atomic E-state index is -0.866. The molecule has 0 atom stereocenters. The summed E-state index contributed by atoms with van der Waals surface area (Å²) in [5, 5.41) is 9.46. The van der Waals surface area contributed by atoms with Gasteiger partial charge in [-0.1, -0.05) is 29.8 Å². The molecule has 0 aliphatic heterocycles. The second kappa shape index (κ2) is 11.4. The first-order valence-corrected chi connectivity index (χ1v) is 11.3. The fourth-order valence-corrected chi connectivity index (χ4v) is 3.32. The second-order valence-corrected chi connectivity index (χ2v) is 7.79. The Morgan fingerprint density at radius 1 is 0.972 bits per heavy atom. The molecular formula is C26H25F2N5O3. The van der Waals surface area contributed by atoms with Crippen LogP contribution in [0.15, 0.2) is 66.7 Å². The third-order valence-corrected chi connectivity index (χ3v) is 5.11. The van der Waals surface area contributed by atoms with Crippen LogP contribution in [-0.4, -0.2) is 40.6 Å². The van der Waals surface area contributed by atoms with E-state index >= 15 is 0 Å². The van der Waals surface area contributed by atoms with Crippen molar-refractivity contribution in [3.8, 4) is 23.1 Å². The Kier molecular flexibility index (Phi) is 7.86. The van der Waals surface area contributed by atoms with Crippen molar-refractivity contribution >= 4 is 17.4 Å². The maximum Gasteiger partial charge on any atom is 0.336 e.